The molecular weight excluding hydrogens is 332 g/mol. The topological polar surface area (TPSA) is 52.6 Å². The van der Waals surface area contributed by atoms with Crippen molar-refractivity contribution in [1.82, 2.24) is 10.2 Å². The molecule has 1 aromatic rings. The monoisotopic (exact) mass is 346 g/mol. The summed E-state index contributed by atoms with van der Waals surface area (Å²) in [5.41, 5.74) is 0.871. The smallest absolute Gasteiger partial charge is 0.317 e. The summed E-state index contributed by atoms with van der Waals surface area (Å²) in [5.74, 6) is 0. The molecule has 6 heteroatoms. The number of carbonyl (C=O) groups is 1. The largest absolute Gasteiger partial charge is 0.391 e. The van der Waals surface area contributed by atoms with Crippen LogP contribution >= 0.6 is 27.5 Å². The minimum atomic E-state index is -0.407. The van der Waals surface area contributed by atoms with Crippen molar-refractivity contribution in [2.24, 2.45) is 0 Å². The zero-order valence-electron chi connectivity index (χ0n) is 10.4. The van der Waals surface area contributed by atoms with Gasteiger partial charge in [0.05, 0.1) is 6.10 Å². The van der Waals surface area contributed by atoms with Crippen LogP contribution in [-0.2, 0) is 6.54 Å². The van der Waals surface area contributed by atoms with E-state index >= 15 is 0 Å². The van der Waals surface area contributed by atoms with Gasteiger partial charge in [0.25, 0.3) is 0 Å². The first-order chi connectivity index (χ1) is 9.06. The van der Waals surface area contributed by atoms with Gasteiger partial charge in [0.2, 0.25) is 0 Å². The van der Waals surface area contributed by atoms with Crippen molar-refractivity contribution in [2.45, 2.75) is 25.5 Å². The standard InChI is InChI=1S/C13H16BrClN2O2/c14-10-4-3-9(12(15)6-10)7-16-13(19)17-5-1-2-11(18)8-17/h3-4,6,11,18H,1-2,5,7-8H2,(H,16,19). The summed E-state index contributed by atoms with van der Waals surface area (Å²) >= 11 is 9.42. The number of likely N-dealkylation sites (tertiary alicyclic amines) is 1. The first-order valence-corrected chi connectivity index (χ1v) is 7.38. The predicted molar refractivity (Wildman–Crippen MR) is 78.2 cm³/mol. The highest BCUT2D eigenvalue weighted by Crippen LogP contribution is 2.21. The van der Waals surface area contributed by atoms with E-state index in [1.165, 1.54) is 0 Å². The molecule has 4 nitrogen and oxygen atoms in total. The first-order valence-electron chi connectivity index (χ1n) is 6.21. The number of nitrogens with one attached hydrogen (secondary N) is 1. The van der Waals surface area contributed by atoms with E-state index < -0.39 is 6.10 Å². The first kappa shape index (κ1) is 14.6. The SMILES string of the molecule is O=C(NCc1ccc(Br)cc1Cl)N1CCCC(O)C1. The van der Waals surface area contributed by atoms with Crippen molar-refractivity contribution in [2.75, 3.05) is 13.1 Å². The second-order valence-electron chi connectivity index (χ2n) is 4.64. The normalized spacial score (nSPS) is 19.3. The van der Waals surface area contributed by atoms with Gasteiger partial charge in [-0.05, 0) is 30.5 Å². The number of hydrogen-bond acceptors (Lipinski definition) is 2. The fourth-order valence-corrected chi connectivity index (χ4v) is 2.83. The van der Waals surface area contributed by atoms with E-state index in [9.17, 15) is 9.90 Å². The van der Waals surface area contributed by atoms with Crippen LogP contribution in [0.2, 0.25) is 5.02 Å². The third-order valence-electron chi connectivity index (χ3n) is 3.13. The Bertz CT molecular complexity index is 470. The molecule has 0 aliphatic carbocycles. The molecule has 0 radical (unpaired) electrons. The lowest BCUT2D eigenvalue weighted by Gasteiger charge is -2.30. The Hall–Kier alpha value is -0.780. The molecule has 1 aliphatic heterocycles. The zero-order valence-corrected chi connectivity index (χ0v) is 12.7. The Kier molecular flexibility index (Phi) is 5.07. The quantitative estimate of drug-likeness (QED) is 0.864. The summed E-state index contributed by atoms with van der Waals surface area (Å²) in [7, 11) is 0. The van der Waals surface area contributed by atoms with E-state index in [4.69, 9.17) is 11.6 Å². The lowest BCUT2D eigenvalue weighted by Crippen LogP contribution is -2.46. The maximum Gasteiger partial charge on any atom is 0.317 e. The van der Waals surface area contributed by atoms with Crippen molar-refractivity contribution < 1.29 is 9.90 Å². The number of halogens is 2. The van der Waals surface area contributed by atoms with Gasteiger partial charge >= 0.3 is 6.03 Å². The number of benzene rings is 1. The van der Waals surface area contributed by atoms with Gasteiger partial charge in [-0.1, -0.05) is 33.6 Å². The third kappa shape index (κ3) is 4.09. The van der Waals surface area contributed by atoms with E-state index in [2.05, 4.69) is 21.2 Å². The van der Waals surface area contributed by atoms with Crippen LogP contribution in [0.1, 0.15) is 18.4 Å². The average molecular weight is 348 g/mol. The molecule has 19 heavy (non-hydrogen) atoms. The van der Waals surface area contributed by atoms with Crippen LogP contribution in [0.4, 0.5) is 4.79 Å². The summed E-state index contributed by atoms with van der Waals surface area (Å²) < 4.78 is 0.909. The lowest BCUT2D eigenvalue weighted by atomic mass is 10.1. The molecule has 1 fully saturated rings. The molecular formula is C13H16BrClN2O2. The molecule has 0 bridgehead atoms. The number of hydrogen-bond donors (Lipinski definition) is 2. The molecule has 1 atom stereocenters. The zero-order chi connectivity index (χ0) is 13.8. The molecule has 2 N–H and O–H groups in total. The number of amides is 2. The fourth-order valence-electron chi connectivity index (χ4n) is 2.09. The number of carbonyl (C=O) groups excluding carboxylic acids is 1. The van der Waals surface area contributed by atoms with Gasteiger partial charge in [0.1, 0.15) is 0 Å². The summed E-state index contributed by atoms with van der Waals surface area (Å²) in [4.78, 5) is 13.6. The van der Waals surface area contributed by atoms with Gasteiger partial charge in [-0.15, -0.1) is 0 Å². The second kappa shape index (κ2) is 6.59. The van der Waals surface area contributed by atoms with Crippen LogP contribution in [0, 0.1) is 0 Å². The van der Waals surface area contributed by atoms with Crippen molar-refractivity contribution in [1.29, 1.82) is 0 Å². The summed E-state index contributed by atoms with van der Waals surface area (Å²) in [6, 6.07) is 5.40. The molecule has 104 valence electrons. The van der Waals surface area contributed by atoms with Gasteiger partial charge in [-0.3, -0.25) is 0 Å². The highest BCUT2D eigenvalue weighted by Gasteiger charge is 2.21. The van der Waals surface area contributed by atoms with Crippen molar-refractivity contribution in [3.63, 3.8) is 0 Å². The van der Waals surface area contributed by atoms with Crippen LogP contribution in [0.3, 0.4) is 0 Å². The van der Waals surface area contributed by atoms with E-state index in [0.29, 0.717) is 24.7 Å². The van der Waals surface area contributed by atoms with Crippen LogP contribution in [-0.4, -0.2) is 35.2 Å². The van der Waals surface area contributed by atoms with Crippen LogP contribution < -0.4 is 5.32 Å². The van der Waals surface area contributed by atoms with Crippen molar-refractivity contribution >= 4 is 33.6 Å². The number of nitrogens with zero attached hydrogens (tertiary/aromatic N) is 1. The van der Waals surface area contributed by atoms with Crippen LogP contribution in [0.5, 0.6) is 0 Å². The maximum atomic E-state index is 11.9. The molecule has 0 spiro atoms. The highest BCUT2D eigenvalue weighted by atomic mass is 79.9. The van der Waals surface area contributed by atoms with E-state index in [0.717, 1.165) is 22.9 Å². The lowest BCUT2D eigenvalue weighted by molar-refractivity contribution is 0.0842. The predicted octanol–water partition coefficient (Wildman–Crippen LogP) is 2.77. The van der Waals surface area contributed by atoms with Gasteiger partial charge in [-0.25, -0.2) is 4.79 Å². The number of piperidine rings is 1. The Balaban J connectivity index is 1.89. The van der Waals surface area contributed by atoms with Gasteiger partial charge in [0, 0.05) is 29.1 Å². The molecule has 1 aliphatic rings. The third-order valence-corrected chi connectivity index (χ3v) is 3.97. The maximum absolute atomic E-state index is 11.9. The Labute approximate surface area is 125 Å². The molecule has 1 saturated heterocycles. The van der Waals surface area contributed by atoms with E-state index in [-0.39, 0.29) is 6.03 Å². The molecule has 1 unspecified atom stereocenters. The average Bonchev–Trinajstić information content (AvgIpc) is 2.37. The minimum Gasteiger partial charge on any atom is -0.391 e. The minimum absolute atomic E-state index is 0.155. The van der Waals surface area contributed by atoms with Crippen molar-refractivity contribution in [3.05, 3.63) is 33.3 Å². The molecule has 1 heterocycles. The summed E-state index contributed by atoms with van der Waals surface area (Å²) in [6.07, 6.45) is 1.20. The number of urea groups is 1. The van der Waals surface area contributed by atoms with Crippen molar-refractivity contribution in [3.8, 4) is 0 Å². The van der Waals surface area contributed by atoms with E-state index in [1.807, 2.05) is 12.1 Å². The van der Waals surface area contributed by atoms with Gasteiger partial charge in [0.15, 0.2) is 0 Å². The van der Waals surface area contributed by atoms with Gasteiger partial charge in [-0.2, -0.15) is 0 Å². The Morgan fingerprint density at radius 2 is 2.37 bits per heavy atom. The number of rotatable bonds is 2. The number of β-amino-alcohol motifs (C(OH)–C–C–N with tert-alkyl or cyclic N) is 1. The number of aliphatic hydroxyl groups is 1. The number of aliphatic hydroxyl groups excluding tert-OH is 1. The van der Waals surface area contributed by atoms with Crippen LogP contribution in [0.25, 0.3) is 0 Å². The molecule has 0 aromatic heterocycles. The molecule has 1 aromatic carbocycles. The Morgan fingerprint density at radius 3 is 3.05 bits per heavy atom. The van der Waals surface area contributed by atoms with Crippen LogP contribution in [0.15, 0.2) is 22.7 Å². The summed E-state index contributed by atoms with van der Waals surface area (Å²) in [6.45, 7) is 1.48. The molecule has 0 saturated carbocycles. The molecule has 2 amide bonds. The highest BCUT2D eigenvalue weighted by molar-refractivity contribution is 9.10. The Morgan fingerprint density at radius 1 is 1.58 bits per heavy atom. The summed E-state index contributed by atoms with van der Waals surface area (Å²) in [5, 5.41) is 13.0. The van der Waals surface area contributed by atoms with E-state index in [1.54, 1.807) is 11.0 Å². The molecule has 2 rings (SSSR count). The second-order valence-corrected chi connectivity index (χ2v) is 5.96. The fraction of sp³-hybridized carbons (Fsp3) is 0.462. The van der Waals surface area contributed by atoms with Gasteiger partial charge < -0.3 is 15.3 Å².